The zero-order valence-corrected chi connectivity index (χ0v) is 25.5. The van der Waals surface area contributed by atoms with Crippen molar-refractivity contribution in [2.75, 3.05) is 0 Å². The molecule has 12 heteroatoms. The molecule has 4 heterocycles. The van der Waals surface area contributed by atoms with Crippen LogP contribution in [0.4, 0.5) is 0 Å². The van der Waals surface area contributed by atoms with Crippen LogP contribution in [-0.2, 0) is 57.2 Å². The molecule has 6 rings (SSSR count). The van der Waals surface area contributed by atoms with E-state index in [9.17, 15) is 28.8 Å². The van der Waals surface area contributed by atoms with Crippen LogP contribution in [0.25, 0.3) is 0 Å². The van der Waals surface area contributed by atoms with Gasteiger partial charge in [-0.1, -0.05) is 19.6 Å². The molecule has 2 saturated carbocycles. The second-order valence-corrected chi connectivity index (χ2v) is 13.5. The first-order chi connectivity index (χ1) is 19.8. The molecular weight excluding hydrogens is 564 g/mol. The van der Waals surface area contributed by atoms with Gasteiger partial charge in [-0.2, -0.15) is 0 Å². The molecule has 9 atom stereocenters. The molecule has 12 nitrogen and oxygen atoms in total. The highest BCUT2D eigenvalue weighted by Gasteiger charge is 3.03. The number of allylic oxidation sites excluding steroid dienone is 1. The minimum absolute atomic E-state index is 0.0254. The highest BCUT2D eigenvalue weighted by Crippen LogP contribution is 2.82. The molecule has 4 aliphatic heterocycles. The van der Waals surface area contributed by atoms with Crippen LogP contribution in [0.5, 0.6) is 0 Å². The Morgan fingerprint density at radius 3 is 2.21 bits per heavy atom. The summed E-state index contributed by atoms with van der Waals surface area (Å²) in [5.74, 6) is -4.95. The van der Waals surface area contributed by atoms with Crippen molar-refractivity contribution in [2.45, 2.75) is 115 Å². The molecule has 0 radical (unpaired) electrons. The van der Waals surface area contributed by atoms with Crippen molar-refractivity contribution in [1.82, 2.24) is 0 Å². The molecule has 0 aromatic rings. The highest BCUT2D eigenvalue weighted by atomic mass is 16.7. The summed E-state index contributed by atoms with van der Waals surface area (Å²) in [5.41, 5.74) is -12.8. The topological polar surface area (TPSA) is 158 Å². The van der Waals surface area contributed by atoms with Gasteiger partial charge in [0.05, 0.1) is 5.41 Å². The van der Waals surface area contributed by atoms with Crippen molar-refractivity contribution in [2.24, 2.45) is 16.2 Å². The standard InChI is InChI=1S/C31H36O12/c1-10-14(2)20(34)40-18-13-28(12-11-19(33)41-25(28,6)7)15(3)30-22(39-17(5)32)26(8)21(35)29(27(18,30)9)23(36)38-16(4)31(29,43-30)24(37)42-26/h10,16,18,22H,3,11-13H2,1-2,4-9H3/b14-10+/t16-,18-,22-,26-,27-,28-,29-,30+,31+/m0/s1. The number of hydrogen-bond acceptors (Lipinski definition) is 12. The van der Waals surface area contributed by atoms with E-state index in [1.165, 1.54) is 20.8 Å². The Balaban J connectivity index is 1.76. The van der Waals surface area contributed by atoms with Crippen molar-refractivity contribution in [1.29, 1.82) is 0 Å². The molecule has 0 N–H and O–H groups in total. The third-order valence-electron chi connectivity index (χ3n) is 11.6. The summed E-state index contributed by atoms with van der Waals surface area (Å²) in [4.78, 5) is 82.1. The number of Topliss-reactive ketones (excluding diaryl/α,β-unsaturated/α-hetero) is 1. The Morgan fingerprint density at radius 2 is 1.63 bits per heavy atom. The van der Waals surface area contributed by atoms with E-state index >= 15 is 0 Å². The third-order valence-corrected chi connectivity index (χ3v) is 11.6. The SMILES string of the molecule is C=C1[C@]2(CCC(=O)OC2(C)C)C[C@H](OC(=O)/C(C)=C/C)[C@@]2(C)[C@]34C(=O)O[C@@H](C)[C@]35O[C@@]12[C@@H](OC(C)=O)[C@@](C)(OC5=O)C4=O. The fourth-order valence-corrected chi connectivity index (χ4v) is 9.40. The van der Waals surface area contributed by atoms with Gasteiger partial charge in [0.1, 0.15) is 23.4 Å². The van der Waals surface area contributed by atoms with Crippen molar-refractivity contribution in [3.8, 4) is 0 Å². The van der Waals surface area contributed by atoms with E-state index in [0.717, 1.165) is 6.92 Å². The lowest BCUT2D eigenvalue weighted by atomic mass is 9.35. The number of hydrogen-bond donors (Lipinski definition) is 0. The molecule has 6 fully saturated rings. The lowest BCUT2D eigenvalue weighted by molar-refractivity contribution is -0.274. The molecule has 2 aliphatic carbocycles. The van der Waals surface area contributed by atoms with Crippen LogP contribution >= 0.6 is 0 Å². The molecular formula is C31H36O12. The van der Waals surface area contributed by atoms with Gasteiger partial charge in [0.15, 0.2) is 11.5 Å². The summed E-state index contributed by atoms with van der Waals surface area (Å²) in [5, 5.41) is 0. The Kier molecular flexibility index (Phi) is 5.59. The highest BCUT2D eigenvalue weighted by molar-refractivity contribution is 6.21. The van der Waals surface area contributed by atoms with Crippen LogP contribution in [0.2, 0.25) is 0 Å². The lowest BCUT2D eigenvalue weighted by Crippen LogP contribution is -2.85. The van der Waals surface area contributed by atoms with Gasteiger partial charge in [-0.3, -0.25) is 19.2 Å². The first kappa shape index (κ1) is 29.5. The number of cyclic esters (lactones) is 2. The molecule has 0 amide bonds. The van der Waals surface area contributed by atoms with Crippen molar-refractivity contribution >= 4 is 35.6 Å². The van der Waals surface area contributed by atoms with Gasteiger partial charge in [-0.25, -0.2) is 9.59 Å². The number of esters is 5. The minimum atomic E-state index is -2.37. The van der Waals surface area contributed by atoms with Crippen LogP contribution < -0.4 is 0 Å². The van der Waals surface area contributed by atoms with Gasteiger partial charge in [-0.05, 0) is 60.0 Å². The second-order valence-electron chi connectivity index (χ2n) is 13.5. The predicted molar refractivity (Wildman–Crippen MR) is 143 cm³/mol. The van der Waals surface area contributed by atoms with Crippen molar-refractivity contribution < 1.29 is 57.2 Å². The van der Waals surface area contributed by atoms with Crippen molar-refractivity contribution in [3.63, 3.8) is 0 Å². The summed E-state index contributed by atoms with van der Waals surface area (Å²) in [6, 6.07) is 0. The average molecular weight is 601 g/mol. The smallest absolute Gasteiger partial charge is 0.345 e. The van der Waals surface area contributed by atoms with Crippen LogP contribution in [-0.4, -0.2) is 76.3 Å². The minimum Gasteiger partial charge on any atom is -0.459 e. The van der Waals surface area contributed by atoms with Crippen molar-refractivity contribution in [3.05, 3.63) is 23.8 Å². The van der Waals surface area contributed by atoms with E-state index in [-0.39, 0.29) is 30.4 Å². The molecule has 0 aromatic carbocycles. The van der Waals surface area contributed by atoms with E-state index in [0.29, 0.717) is 0 Å². The molecule has 0 aromatic heterocycles. The number of ketones is 1. The van der Waals surface area contributed by atoms with Gasteiger partial charge in [0.2, 0.25) is 17.0 Å². The van der Waals surface area contributed by atoms with Gasteiger partial charge in [0.25, 0.3) is 0 Å². The summed E-state index contributed by atoms with van der Waals surface area (Å²) in [6.45, 7) is 16.4. The van der Waals surface area contributed by atoms with Crippen LogP contribution in [0.15, 0.2) is 23.8 Å². The Hall–Kier alpha value is -3.54. The zero-order chi connectivity index (χ0) is 31.9. The normalized spacial score (nSPS) is 47.4. The van der Waals surface area contributed by atoms with E-state index in [2.05, 4.69) is 6.58 Å². The number of fused-ring (bicyclic) bond motifs is 1. The molecule has 3 bridgehead atoms. The fraction of sp³-hybridized carbons (Fsp3) is 0.677. The Bertz CT molecular complexity index is 1490. The average Bonchev–Trinajstić information content (AvgIpc) is 3.23. The fourth-order valence-electron chi connectivity index (χ4n) is 9.40. The number of carbonyl (C=O) groups is 6. The van der Waals surface area contributed by atoms with Gasteiger partial charge < -0.3 is 28.4 Å². The van der Waals surface area contributed by atoms with Gasteiger partial charge in [-0.15, -0.1) is 0 Å². The number of ether oxygens (including phenoxy) is 6. The van der Waals surface area contributed by atoms with E-state index in [4.69, 9.17) is 28.4 Å². The zero-order valence-electron chi connectivity index (χ0n) is 25.5. The maximum Gasteiger partial charge on any atom is 0.345 e. The molecule has 0 unspecified atom stereocenters. The first-order valence-corrected chi connectivity index (χ1v) is 14.4. The summed E-state index contributed by atoms with van der Waals surface area (Å²) in [7, 11) is 0. The first-order valence-electron chi connectivity index (χ1n) is 14.4. The number of rotatable bonds is 3. The molecule has 6 aliphatic rings. The van der Waals surface area contributed by atoms with Gasteiger partial charge in [0, 0.05) is 24.3 Å². The van der Waals surface area contributed by atoms with Crippen LogP contribution in [0, 0.1) is 16.2 Å². The summed E-state index contributed by atoms with van der Waals surface area (Å²) < 4.78 is 36.4. The molecule has 43 heavy (non-hydrogen) atoms. The Labute approximate surface area is 248 Å². The van der Waals surface area contributed by atoms with E-state index in [1.54, 1.807) is 33.8 Å². The van der Waals surface area contributed by atoms with E-state index in [1.807, 2.05) is 0 Å². The lowest BCUT2D eigenvalue weighted by Gasteiger charge is -2.68. The van der Waals surface area contributed by atoms with Crippen LogP contribution in [0.1, 0.15) is 74.7 Å². The summed E-state index contributed by atoms with van der Waals surface area (Å²) in [6.07, 6.45) is -2.66. The van der Waals surface area contributed by atoms with Crippen LogP contribution in [0.3, 0.4) is 0 Å². The summed E-state index contributed by atoms with van der Waals surface area (Å²) >= 11 is 0. The number of carbonyl (C=O) groups excluding carboxylic acids is 6. The largest absolute Gasteiger partial charge is 0.459 e. The van der Waals surface area contributed by atoms with Gasteiger partial charge >= 0.3 is 29.8 Å². The maximum absolute atomic E-state index is 14.9. The maximum atomic E-state index is 14.9. The quantitative estimate of drug-likeness (QED) is 0.153. The molecule has 2 spiro atoms. The third kappa shape index (κ3) is 2.71. The molecule has 232 valence electrons. The van der Waals surface area contributed by atoms with E-state index < -0.39 is 92.6 Å². The molecule has 4 saturated heterocycles. The Morgan fingerprint density at radius 1 is 0.977 bits per heavy atom. The monoisotopic (exact) mass is 600 g/mol. The second kappa shape index (κ2) is 8.13. The predicted octanol–water partition coefficient (Wildman–Crippen LogP) is 2.20.